The van der Waals surface area contributed by atoms with Crippen LogP contribution in [0.15, 0.2) is 29.1 Å². The van der Waals surface area contributed by atoms with Gasteiger partial charge in [0, 0.05) is 5.56 Å². The number of benzene rings is 1. The number of rotatable bonds is 4. The molecule has 0 saturated carbocycles. The Balaban J connectivity index is 2.53. The number of ether oxygens (including phenoxy) is 1. The smallest absolute Gasteiger partial charge is 0.264 e. The molecule has 5 heteroatoms. The predicted molar refractivity (Wildman–Crippen MR) is 88.3 cm³/mol. The van der Waals surface area contributed by atoms with E-state index in [2.05, 4.69) is 9.97 Å². The first kappa shape index (κ1) is 15.0. The third-order valence-corrected chi connectivity index (χ3v) is 3.90. The molecular formula is C15H17IN2O2. The summed E-state index contributed by atoms with van der Waals surface area (Å²) >= 11 is 2.05. The van der Waals surface area contributed by atoms with Crippen molar-refractivity contribution in [2.45, 2.75) is 26.7 Å². The maximum Gasteiger partial charge on any atom is 0.264 e. The van der Waals surface area contributed by atoms with Crippen LogP contribution in [0.4, 0.5) is 0 Å². The number of hydrogen-bond donors (Lipinski definition) is 1. The maximum atomic E-state index is 12.0. The van der Waals surface area contributed by atoms with Crippen molar-refractivity contribution < 1.29 is 4.74 Å². The minimum Gasteiger partial charge on any atom is -0.494 e. The average Bonchev–Trinajstić information content (AvgIpc) is 2.42. The largest absolute Gasteiger partial charge is 0.494 e. The highest BCUT2D eigenvalue weighted by Gasteiger charge is 2.13. The summed E-state index contributed by atoms with van der Waals surface area (Å²) in [5.74, 6) is 1.57. The van der Waals surface area contributed by atoms with E-state index in [4.69, 9.17) is 4.74 Å². The van der Waals surface area contributed by atoms with Crippen molar-refractivity contribution in [1.82, 2.24) is 9.97 Å². The normalized spacial score (nSPS) is 10.8. The van der Waals surface area contributed by atoms with E-state index in [1.165, 1.54) is 0 Å². The SMILES string of the molecule is CCOc1cccc(-c2nc(C(C)C)c(I)c(=O)[nH]2)c1. The van der Waals surface area contributed by atoms with Crippen molar-refractivity contribution in [2.24, 2.45) is 0 Å². The van der Waals surface area contributed by atoms with Gasteiger partial charge in [-0.1, -0.05) is 26.0 Å². The van der Waals surface area contributed by atoms with E-state index in [1.807, 2.05) is 67.6 Å². The number of aromatic nitrogens is 2. The summed E-state index contributed by atoms with van der Waals surface area (Å²) in [4.78, 5) is 19.4. The Morgan fingerprint density at radius 2 is 2.15 bits per heavy atom. The van der Waals surface area contributed by atoms with Gasteiger partial charge in [-0.05, 0) is 47.6 Å². The molecule has 4 nitrogen and oxygen atoms in total. The van der Waals surface area contributed by atoms with Crippen molar-refractivity contribution in [1.29, 1.82) is 0 Å². The van der Waals surface area contributed by atoms with Gasteiger partial charge in [0.1, 0.15) is 11.6 Å². The second-order valence-electron chi connectivity index (χ2n) is 4.73. The predicted octanol–water partition coefficient (Wildman–Crippen LogP) is 3.56. The van der Waals surface area contributed by atoms with Crippen LogP contribution in [0.25, 0.3) is 11.4 Å². The number of H-pyrrole nitrogens is 1. The van der Waals surface area contributed by atoms with Gasteiger partial charge >= 0.3 is 0 Å². The monoisotopic (exact) mass is 384 g/mol. The van der Waals surface area contributed by atoms with Gasteiger partial charge < -0.3 is 9.72 Å². The first-order chi connectivity index (χ1) is 9.52. The third-order valence-electron chi connectivity index (χ3n) is 2.85. The molecule has 0 unspecified atom stereocenters. The molecule has 1 aromatic carbocycles. The molecule has 1 N–H and O–H groups in total. The van der Waals surface area contributed by atoms with Crippen LogP contribution in [0.5, 0.6) is 5.75 Å². The fourth-order valence-corrected chi connectivity index (χ4v) is 2.77. The number of nitrogens with zero attached hydrogens (tertiary/aromatic N) is 1. The van der Waals surface area contributed by atoms with Crippen molar-refractivity contribution in [3.63, 3.8) is 0 Å². The molecule has 2 rings (SSSR count). The summed E-state index contributed by atoms with van der Waals surface area (Å²) in [5.41, 5.74) is 1.58. The molecule has 2 aromatic rings. The number of aromatic amines is 1. The summed E-state index contributed by atoms with van der Waals surface area (Å²) in [6.45, 7) is 6.61. The molecule has 0 saturated heterocycles. The quantitative estimate of drug-likeness (QED) is 0.821. The molecular weight excluding hydrogens is 367 g/mol. The maximum absolute atomic E-state index is 12.0. The topological polar surface area (TPSA) is 55.0 Å². The van der Waals surface area contributed by atoms with Gasteiger partial charge in [-0.3, -0.25) is 4.79 Å². The molecule has 0 aliphatic carbocycles. The lowest BCUT2D eigenvalue weighted by atomic mass is 10.1. The lowest BCUT2D eigenvalue weighted by Crippen LogP contribution is -2.17. The van der Waals surface area contributed by atoms with Gasteiger partial charge in [-0.25, -0.2) is 4.98 Å². The molecule has 0 bridgehead atoms. The minimum atomic E-state index is -0.0962. The lowest BCUT2D eigenvalue weighted by molar-refractivity contribution is 0.340. The van der Waals surface area contributed by atoms with Crippen LogP contribution in [-0.4, -0.2) is 16.6 Å². The van der Waals surface area contributed by atoms with Crippen molar-refractivity contribution in [3.8, 4) is 17.1 Å². The van der Waals surface area contributed by atoms with E-state index in [0.29, 0.717) is 16.0 Å². The van der Waals surface area contributed by atoms with Crippen LogP contribution in [0, 0.1) is 3.57 Å². The Kier molecular flexibility index (Phi) is 4.80. The second-order valence-corrected chi connectivity index (χ2v) is 5.81. The molecule has 0 aliphatic rings. The van der Waals surface area contributed by atoms with Crippen LogP contribution in [0.3, 0.4) is 0 Å². The van der Waals surface area contributed by atoms with E-state index in [-0.39, 0.29) is 11.5 Å². The van der Waals surface area contributed by atoms with E-state index in [9.17, 15) is 4.79 Å². The molecule has 0 amide bonds. The van der Waals surface area contributed by atoms with Crippen LogP contribution < -0.4 is 10.3 Å². The Morgan fingerprint density at radius 3 is 2.80 bits per heavy atom. The Hall–Kier alpha value is -1.37. The Morgan fingerprint density at radius 1 is 1.40 bits per heavy atom. The highest BCUT2D eigenvalue weighted by atomic mass is 127. The van der Waals surface area contributed by atoms with Crippen LogP contribution in [0.1, 0.15) is 32.4 Å². The molecule has 106 valence electrons. The molecule has 0 fully saturated rings. The molecule has 1 heterocycles. The highest BCUT2D eigenvalue weighted by molar-refractivity contribution is 14.1. The zero-order chi connectivity index (χ0) is 14.7. The fraction of sp³-hybridized carbons (Fsp3) is 0.333. The summed E-state index contributed by atoms with van der Waals surface area (Å²) in [5, 5.41) is 0. The zero-order valence-corrected chi connectivity index (χ0v) is 13.9. The van der Waals surface area contributed by atoms with Gasteiger partial charge in [0.15, 0.2) is 0 Å². The first-order valence-electron chi connectivity index (χ1n) is 6.55. The standard InChI is InChI=1S/C15H17IN2O2/c1-4-20-11-7-5-6-10(8-11)14-17-13(9(2)3)12(16)15(19)18-14/h5-9H,4H2,1-3H3,(H,17,18,19). The van der Waals surface area contributed by atoms with Gasteiger partial charge in [-0.15, -0.1) is 0 Å². The fourth-order valence-electron chi connectivity index (χ4n) is 1.90. The molecule has 0 aliphatic heterocycles. The van der Waals surface area contributed by atoms with E-state index in [1.54, 1.807) is 0 Å². The van der Waals surface area contributed by atoms with Crippen molar-refractivity contribution in [3.05, 3.63) is 43.9 Å². The molecule has 0 spiro atoms. The van der Waals surface area contributed by atoms with E-state index in [0.717, 1.165) is 17.0 Å². The first-order valence-corrected chi connectivity index (χ1v) is 7.63. The Labute approximate surface area is 131 Å². The second kappa shape index (κ2) is 6.39. The Bertz CT molecular complexity index is 665. The van der Waals surface area contributed by atoms with Crippen LogP contribution >= 0.6 is 22.6 Å². The summed E-state index contributed by atoms with van der Waals surface area (Å²) in [6.07, 6.45) is 0. The van der Waals surface area contributed by atoms with Crippen LogP contribution in [0.2, 0.25) is 0 Å². The molecule has 1 aromatic heterocycles. The summed E-state index contributed by atoms with van der Waals surface area (Å²) in [7, 11) is 0. The zero-order valence-electron chi connectivity index (χ0n) is 11.7. The molecule has 0 radical (unpaired) electrons. The summed E-state index contributed by atoms with van der Waals surface area (Å²) < 4.78 is 6.13. The lowest BCUT2D eigenvalue weighted by Gasteiger charge is -2.10. The highest BCUT2D eigenvalue weighted by Crippen LogP contribution is 2.23. The summed E-state index contributed by atoms with van der Waals surface area (Å²) in [6, 6.07) is 7.59. The van der Waals surface area contributed by atoms with E-state index >= 15 is 0 Å². The van der Waals surface area contributed by atoms with Gasteiger partial charge in [0.05, 0.1) is 15.9 Å². The molecule has 0 atom stereocenters. The third kappa shape index (κ3) is 3.20. The average molecular weight is 384 g/mol. The van der Waals surface area contributed by atoms with Crippen LogP contribution in [-0.2, 0) is 0 Å². The number of nitrogens with one attached hydrogen (secondary N) is 1. The number of halogens is 1. The number of hydrogen-bond acceptors (Lipinski definition) is 3. The molecule has 20 heavy (non-hydrogen) atoms. The van der Waals surface area contributed by atoms with Gasteiger partial charge in [-0.2, -0.15) is 0 Å². The van der Waals surface area contributed by atoms with Gasteiger partial charge in [0.2, 0.25) is 0 Å². The van der Waals surface area contributed by atoms with Gasteiger partial charge in [0.25, 0.3) is 5.56 Å². The van der Waals surface area contributed by atoms with Crippen molar-refractivity contribution >= 4 is 22.6 Å². The van der Waals surface area contributed by atoms with Crippen molar-refractivity contribution in [2.75, 3.05) is 6.61 Å². The van der Waals surface area contributed by atoms with E-state index < -0.39 is 0 Å². The minimum absolute atomic E-state index is 0.0962.